The van der Waals surface area contributed by atoms with Crippen LogP contribution in [0.2, 0.25) is 0 Å². The molecule has 0 saturated heterocycles. The summed E-state index contributed by atoms with van der Waals surface area (Å²) >= 11 is 0. The van der Waals surface area contributed by atoms with E-state index in [-0.39, 0.29) is 0 Å². The van der Waals surface area contributed by atoms with Crippen molar-refractivity contribution < 1.29 is 4.74 Å². The Morgan fingerprint density at radius 3 is 2.73 bits per heavy atom. The van der Waals surface area contributed by atoms with E-state index in [1.54, 1.807) is 0 Å². The first-order valence-corrected chi connectivity index (χ1v) is 8.78. The van der Waals surface area contributed by atoms with Crippen LogP contribution in [0.25, 0.3) is 0 Å². The zero-order chi connectivity index (χ0) is 16.3. The van der Waals surface area contributed by atoms with Crippen LogP contribution in [0.3, 0.4) is 0 Å². The van der Waals surface area contributed by atoms with E-state index in [0.717, 1.165) is 45.1 Å². The molecule has 4 nitrogen and oxygen atoms in total. The summed E-state index contributed by atoms with van der Waals surface area (Å²) < 4.78 is 5.50. The van der Waals surface area contributed by atoms with E-state index < -0.39 is 0 Å². The molecular formula is C18H35N3O. The first-order chi connectivity index (χ1) is 10.7. The van der Waals surface area contributed by atoms with Crippen LogP contribution in [0.5, 0.6) is 0 Å². The molecule has 0 atom stereocenters. The Morgan fingerprint density at radius 2 is 2.14 bits per heavy atom. The van der Waals surface area contributed by atoms with Gasteiger partial charge in [-0.15, -0.1) is 6.58 Å². The van der Waals surface area contributed by atoms with E-state index in [2.05, 4.69) is 35.8 Å². The Bertz CT molecular complexity index is 337. The fourth-order valence-electron chi connectivity index (χ4n) is 2.70. The average molecular weight is 309 g/mol. The van der Waals surface area contributed by atoms with Crippen LogP contribution in [0.4, 0.5) is 0 Å². The zero-order valence-electron chi connectivity index (χ0n) is 14.9. The molecule has 1 rings (SSSR count). The van der Waals surface area contributed by atoms with Gasteiger partial charge >= 0.3 is 0 Å². The van der Waals surface area contributed by atoms with Crippen molar-refractivity contribution in [1.82, 2.24) is 10.2 Å². The van der Waals surface area contributed by atoms with E-state index in [0.29, 0.717) is 5.41 Å². The number of hydrogen-bond donors (Lipinski definition) is 1. The van der Waals surface area contributed by atoms with Crippen LogP contribution >= 0.6 is 0 Å². The Balaban J connectivity index is 2.22. The number of aliphatic imine (C=N–C) groups is 1. The van der Waals surface area contributed by atoms with Crippen molar-refractivity contribution in [2.75, 3.05) is 40.4 Å². The van der Waals surface area contributed by atoms with Crippen molar-refractivity contribution in [2.45, 2.75) is 51.9 Å². The van der Waals surface area contributed by atoms with Gasteiger partial charge < -0.3 is 15.0 Å². The lowest BCUT2D eigenvalue weighted by Crippen LogP contribution is -2.42. The van der Waals surface area contributed by atoms with Crippen molar-refractivity contribution >= 4 is 5.96 Å². The van der Waals surface area contributed by atoms with Crippen LogP contribution in [0.15, 0.2) is 17.6 Å². The number of guanidine groups is 1. The van der Waals surface area contributed by atoms with Gasteiger partial charge in [0.1, 0.15) is 0 Å². The number of unbranched alkanes of at least 4 members (excludes halogenated alkanes) is 3. The number of hydrogen-bond acceptors (Lipinski definition) is 2. The highest BCUT2D eigenvalue weighted by Gasteiger charge is 2.42. The van der Waals surface area contributed by atoms with E-state index >= 15 is 0 Å². The summed E-state index contributed by atoms with van der Waals surface area (Å²) in [6.45, 7) is 9.61. The number of ether oxygens (including phenoxy) is 1. The zero-order valence-corrected chi connectivity index (χ0v) is 14.9. The maximum absolute atomic E-state index is 5.50. The molecule has 1 N–H and O–H groups in total. The van der Waals surface area contributed by atoms with Crippen molar-refractivity contribution in [2.24, 2.45) is 10.4 Å². The van der Waals surface area contributed by atoms with E-state index in [4.69, 9.17) is 4.74 Å². The van der Waals surface area contributed by atoms with E-state index in [1.165, 1.54) is 32.1 Å². The van der Waals surface area contributed by atoms with Gasteiger partial charge in [0.05, 0.1) is 0 Å². The van der Waals surface area contributed by atoms with Crippen LogP contribution < -0.4 is 5.32 Å². The lowest BCUT2D eigenvalue weighted by Gasteiger charge is -2.24. The molecule has 128 valence electrons. The maximum atomic E-state index is 5.50. The number of nitrogens with zero attached hydrogens (tertiary/aromatic N) is 2. The van der Waals surface area contributed by atoms with Gasteiger partial charge in [0, 0.05) is 40.4 Å². The van der Waals surface area contributed by atoms with E-state index in [9.17, 15) is 0 Å². The van der Waals surface area contributed by atoms with Crippen molar-refractivity contribution in [3.05, 3.63) is 12.7 Å². The highest BCUT2D eigenvalue weighted by atomic mass is 16.5. The minimum absolute atomic E-state index is 0.454. The van der Waals surface area contributed by atoms with Crippen molar-refractivity contribution in [3.8, 4) is 0 Å². The molecule has 0 aromatic carbocycles. The summed E-state index contributed by atoms with van der Waals surface area (Å²) in [5.74, 6) is 1.02. The molecule has 0 aliphatic heterocycles. The third kappa shape index (κ3) is 7.30. The molecule has 1 aliphatic carbocycles. The molecule has 1 fully saturated rings. The monoisotopic (exact) mass is 309 g/mol. The summed E-state index contributed by atoms with van der Waals surface area (Å²) in [5, 5.41) is 3.56. The molecule has 1 saturated carbocycles. The highest BCUT2D eigenvalue weighted by Crippen LogP contribution is 2.48. The summed E-state index contributed by atoms with van der Waals surface area (Å²) in [6, 6.07) is 0. The minimum Gasteiger partial charge on any atom is -0.382 e. The second kappa shape index (κ2) is 10.7. The van der Waals surface area contributed by atoms with E-state index in [1.807, 2.05) is 13.1 Å². The number of allylic oxidation sites excluding steroid dienone is 1. The van der Waals surface area contributed by atoms with Gasteiger partial charge in [-0.05, 0) is 50.9 Å². The predicted octanol–water partition coefficient (Wildman–Crippen LogP) is 3.45. The second-order valence-electron chi connectivity index (χ2n) is 6.41. The lowest BCUT2D eigenvalue weighted by atomic mass is 10.0. The third-order valence-electron chi connectivity index (χ3n) is 4.53. The van der Waals surface area contributed by atoms with Gasteiger partial charge in [-0.3, -0.25) is 4.99 Å². The quantitative estimate of drug-likeness (QED) is 0.260. The molecule has 0 spiro atoms. The van der Waals surface area contributed by atoms with Gasteiger partial charge in [-0.2, -0.15) is 0 Å². The molecule has 0 aromatic heterocycles. The number of nitrogens with one attached hydrogen (secondary N) is 1. The highest BCUT2D eigenvalue weighted by molar-refractivity contribution is 5.79. The van der Waals surface area contributed by atoms with Gasteiger partial charge in [0.15, 0.2) is 5.96 Å². The first-order valence-electron chi connectivity index (χ1n) is 8.78. The Morgan fingerprint density at radius 1 is 1.36 bits per heavy atom. The molecule has 0 radical (unpaired) electrons. The molecule has 0 heterocycles. The van der Waals surface area contributed by atoms with Gasteiger partial charge in [-0.25, -0.2) is 0 Å². The largest absolute Gasteiger partial charge is 0.382 e. The smallest absolute Gasteiger partial charge is 0.193 e. The van der Waals surface area contributed by atoms with Gasteiger partial charge in [-0.1, -0.05) is 12.5 Å². The molecule has 0 bridgehead atoms. The van der Waals surface area contributed by atoms with Crippen molar-refractivity contribution in [3.63, 3.8) is 0 Å². The summed E-state index contributed by atoms with van der Waals surface area (Å²) in [4.78, 5) is 6.66. The molecule has 0 aromatic rings. The van der Waals surface area contributed by atoms with Gasteiger partial charge in [0.25, 0.3) is 0 Å². The molecular weight excluding hydrogens is 274 g/mol. The van der Waals surface area contributed by atoms with Crippen LogP contribution in [0.1, 0.15) is 51.9 Å². The average Bonchev–Trinajstić information content (AvgIpc) is 3.28. The van der Waals surface area contributed by atoms with Crippen LogP contribution in [-0.2, 0) is 4.74 Å². The van der Waals surface area contributed by atoms with Gasteiger partial charge in [0.2, 0.25) is 0 Å². The molecule has 4 heteroatoms. The predicted molar refractivity (Wildman–Crippen MR) is 95.4 cm³/mol. The summed E-state index contributed by atoms with van der Waals surface area (Å²) in [5.41, 5.74) is 0.454. The lowest BCUT2D eigenvalue weighted by molar-refractivity contribution is 0.128. The second-order valence-corrected chi connectivity index (χ2v) is 6.41. The Kier molecular flexibility index (Phi) is 9.21. The summed E-state index contributed by atoms with van der Waals surface area (Å²) in [6.07, 6.45) is 10.6. The standard InChI is InChI=1S/C18H35N3O/c1-5-7-8-9-10-14-21(4)17(19-3)20-16-18(11-12-18)13-15-22-6-2/h5H,1,6-16H2,2-4H3,(H,19,20). The fourth-order valence-corrected chi connectivity index (χ4v) is 2.70. The molecule has 1 aliphatic rings. The molecule has 0 amide bonds. The van der Waals surface area contributed by atoms with Crippen LogP contribution in [-0.4, -0.2) is 51.3 Å². The first kappa shape index (κ1) is 19.0. The third-order valence-corrected chi connectivity index (χ3v) is 4.53. The fraction of sp³-hybridized carbons (Fsp3) is 0.833. The Hall–Kier alpha value is -1.03. The normalized spacial score (nSPS) is 16.4. The Labute approximate surface area is 137 Å². The minimum atomic E-state index is 0.454. The SMILES string of the molecule is C=CCCCCCN(C)C(=NC)NCC1(CCOCC)CC1. The maximum Gasteiger partial charge on any atom is 0.193 e. The topological polar surface area (TPSA) is 36.9 Å². The van der Waals surface area contributed by atoms with Crippen molar-refractivity contribution in [1.29, 1.82) is 0 Å². The molecule has 22 heavy (non-hydrogen) atoms. The number of rotatable bonds is 12. The van der Waals surface area contributed by atoms with Crippen LogP contribution in [0, 0.1) is 5.41 Å². The summed E-state index contributed by atoms with van der Waals surface area (Å²) in [7, 11) is 4.00. The molecule has 0 unspecified atom stereocenters.